The second-order valence-corrected chi connectivity index (χ2v) is 8.07. The van der Waals surface area contributed by atoms with E-state index in [0.29, 0.717) is 24.6 Å². The molecule has 0 spiro atoms. The lowest BCUT2D eigenvalue weighted by molar-refractivity contribution is -0.106. The molecule has 1 aliphatic heterocycles. The third-order valence-electron chi connectivity index (χ3n) is 4.78. The highest BCUT2D eigenvalue weighted by Gasteiger charge is 2.59. The molecule has 3 rings (SSSR count). The van der Waals surface area contributed by atoms with Gasteiger partial charge < -0.3 is 15.4 Å². The van der Waals surface area contributed by atoms with Gasteiger partial charge in [0.2, 0.25) is 0 Å². The molecular weight excluding hydrogens is 423 g/mol. The second kappa shape index (κ2) is 7.65. The summed E-state index contributed by atoms with van der Waals surface area (Å²) in [7, 11) is 0. The summed E-state index contributed by atoms with van der Waals surface area (Å²) in [4.78, 5) is 10.3. The van der Waals surface area contributed by atoms with E-state index in [4.69, 9.17) is 9.73 Å². The van der Waals surface area contributed by atoms with Crippen LogP contribution in [0.4, 0.5) is 0 Å². The van der Waals surface area contributed by atoms with Crippen molar-refractivity contribution in [3.63, 3.8) is 0 Å². The molecule has 2 aliphatic rings. The fourth-order valence-corrected chi connectivity index (χ4v) is 4.42. The van der Waals surface area contributed by atoms with E-state index in [0.717, 1.165) is 30.5 Å². The summed E-state index contributed by atoms with van der Waals surface area (Å²) in [5.74, 6) is 1.50. The quantitative estimate of drug-likeness (QED) is 0.421. The van der Waals surface area contributed by atoms with Crippen molar-refractivity contribution in [3.05, 3.63) is 16.1 Å². The zero-order valence-electron chi connectivity index (χ0n) is 14.3. The van der Waals surface area contributed by atoms with E-state index in [1.54, 1.807) is 11.3 Å². The minimum Gasteiger partial charge on any atom is -0.377 e. The average Bonchev–Trinajstić information content (AvgIpc) is 3.09. The minimum absolute atomic E-state index is 0. The predicted molar refractivity (Wildman–Crippen MR) is 106 cm³/mol. The van der Waals surface area contributed by atoms with Crippen LogP contribution in [-0.4, -0.2) is 36.2 Å². The van der Waals surface area contributed by atoms with Crippen LogP contribution in [0.25, 0.3) is 0 Å². The summed E-state index contributed by atoms with van der Waals surface area (Å²) in [6.45, 7) is 11.1. The van der Waals surface area contributed by atoms with Gasteiger partial charge in [-0.25, -0.2) is 9.98 Å². The molecule has 0 aromatic carbocycles. The first-order valence-electron chi connectivity index (χ1n) is 8.10. The molecule has 3 atom stereocenters. The van der Waals surface area contributed by atoms with Crippen molar-refractivity contribution in [2.24, 2.45) is 16.3 Å². The first-order chi connectivity index (χ1) is 10.5. The lowest BCUT2D eigenvalue weighted by Gasteiger charge is -2.54. The Bertz CT molecular complexity index is 560. The van der Waals surface area contributed by atoms with Gasteiger partial charge in [-0.1, -0.05) is 13.8 Å². The molecule has 1 aliphatic carbocycles. The molecule has 1 saturated heterocycles. The van der Waals surface area contributed by atoms with E-state index < -0.39 is 0 Å². The number of aryl methyl sites for hydroxylation is 1. The van der Waals surface area contributed by atoms with Gasteiger partial charge in [0.15, 0.2) is 5.96 Å². The van der Waals surface area contributed by atoms with Gasteiger partial charge in [0.1, 0.15) is 5.01 Å². The molecule has 2 N–H and O–H groups in total. The first kappa shape index (κ1) is 18.9. The molecule has 1 saturated carbocycles. The normalized spacial score (nSPS) is 28.5. The smallest absolute Gasteiger partial charge is 0.191 e. The van der Waals surface area contributed by atoms with Gasteiger partial charge in [-0.3, -0.25) is 0 Å². The second-order valence-electron chi connectivity index (χ2n) is 6.75. The number of guanidine groups is 1. The van der Waals surface area contributed by atoms with Gasteiger partial charge in [-0.2, -0.15) is 0 Å². The number of aliphatic imine (C=N–C) groups is 1. The summed E-state index contributed by atoms with van der Waals surface area (Å²) in [6, 6.07) is 0.427. The summed E-state index contributed by atoms with van der Waals surface area (Å²) in [6.07, 6.45) is 3.46. The van der Waals surface area contributed by atoms with Crippen molar-refractivity contribution in [2.45, 2.75) is 52.8 Å². The first-order valence-corrected chi connectivity index (χ1v) is 8.91. The fraction of sp³-hybridized carbons (Fsp3) is 0.750. The molecule has 1 aromatic heterocycles. The molecule has 0 radical (unpaired) electrons. The van der Waals surface area contributed by atoms with Crippen LogP contribution in [0.15, 0.2) is 11.2 Å². The topological polar surface area (TPSA) is 58.5 Å². The van der Waals surface area contributed by atoms with Gasteiger partial charge in [-0.05, 0) is 20.3 Å². The predicted octanol–water partition coefficient (Wildman–Crippen LogP) is 2.94. The number of hydrogen-bond donors (Lipinski definition) is 2. The molecule has 7 heteroatoms. The number of nitrogens with zero attached hydrogens (tertiary/aromatic N) is 2. The number of aromatic nitrogens is 1. The highest BCUT2D eigenvalue weighted by Crippen LogP contribution is 2.52. The number of ether oxygens (including phenoxy) is 1. The van der Waals surface area contributed by atoms with Crippen LogP contribution in [0.5, 0.6) is 0 Å². The number of rotatable bonds is 4. The Labute approximate surface area is 159 Å². The van der Waals surface area contributed by atoms with Crippen LogP contribution in [0.2, 0.25) is 0 Å². The molecular formula is C16H27IN4OS. The third-order valence-corrected chi connectivity index (χ3v) is 5.68. The van der Waals surface area contributed by atoms with Crippen LogP contribution in [0.1, 0.15) is 37.1 Å². The van der Waals surface area contributed by atoms with Gasteiger partial charge in [0.25, 0.3) is 0 Å². The monoisotopic (exact) mass is 450 g/mol. The van der Waals surface area contributed by atoms with Gasteiger partial charge in [0, 0.05) is 41.6 Å². The van der Waals surface area contributed by atoms with E-state index in [9.17, 15) is 0 Å². The summed E-state index contributed by atoms with van der Waals surface area (Å²) < 4.78 is 5.86. The zero-order chi connectivity index (χ0) is 15.7. The van der Waals surface area contributed by atoms with E-state index in [1.165, 1.54) is 4.88 Å². The number of thiazole rings is 1. The Hall–Kier alpha value is -0.410. The van der Waals surface area contributed by atoms with Crippen molar-refractivity contribution in [1.82, 2.24) is 15.6 Å². The molecule has 5 nitrogen and oxygen atoms in total. The summed E-state index contributed by atoms with van der Waals surface area (Å²) in [5, 5.41) is 8.04. The average molecular weight is 450 g/mol. The van der Waals surface area contributed by atoms with E-state index in [-0.39, 0.29) is 29.4 Å². The van der Waals surface area contributed by atoms with Crippen LogP contribution < -0.4 is 10.6 Å². The Morgan fingerprint density at radius 1 is 1.52 bits per heavy atom. The Balaban J connectivity index is 0.00000192. The molecule has 3 unspecified atom stereocenters. The van der Waals surface area contributed by atoms with Crippen LogP contribution in [0.3, 0.4) is 0 Å². The van der Waals surface area contributed by atoms with E-state index in [1.807, 2.05) is 6.20 Å². The number of nitrogens with one attached hydrogen (secondary N) is 2. The molecule has 0 bridgehead atoms. The maximum atomic E-state index is 5.86. The Morgan fingerprint density at radius 3 is 2.96 bits per heavy atom. The maximum absolute atomic E-state index is 5.86. The Kier molecular flexibility index (Phi) is 6.29. The van der Waals surface area contributed by atoms with Crippen molar-refractivity contribution < 1.29 is 4.74 Å². The van der Waals surface area contributed by atoms with Crippen LogP contribution in [-0.2, 0) is 11.3 Å². The molecule has 2 fully saturated rings. The minimum atomic E-state index is 0. The Morgan fingerprint density at radius 2 is 2.30 bits per heavy atom. The lowest BCUT2D eigenvalue weighted by Crippen LogP contribution is -2.67. The van der Waals surface area contributed by atoms with E-state index in [2.05, 4.69) is 43.3 Å². The zero-order valence-corrected chi connectivity index (χ0v) is 17.4. The number of fused-ring (bicyclic) bond motifs is 1. The standard InChI is InChI=1S/C16H26N4OS.HI/c1-5-17-15(19-9-12-18-8-10(2)22-12)20-13-11-6-7-21-14(11)16(13,3)4;/h8,11,13-14H,5-7,9H2,1-4H3,(H2,17,19,20);1H. The molecule has 23 heavy (non-hydrogen) atoms. The van der Waals surface area contributed by atoms with Gasteiger partial charge in [0.05, 0.1) is 12.6 Å². The summed E-state index contributed by atoms with van der Waals surface area (Å²) >= 11 is 1.71. The third kappa shape index (κ3) is 3.82. The molecule has 130 valence electrons. The van der Waals surface area contributed by atoms with Gasteiger partial charge >= 0.3 is 0 Å². The van der Waals surface area contributed by atoms with E-state index >= 15 is 0 Å². The number of hydrogen-bond acceptors (Lipinski definition) is 4. The number of halogens is 1. The largest absolute Gasteiger partial charge is 0.377 e. The highest BCUT2D eigenvalue weighted by molar-refractivity contribution is 14.0. The van der Waals surface area contributed by atoms with Crippen molar-refractivity contribution >= 4 is 41.3 Å². The molecule has 1 aromatic rings. The summed E-state index contributed by atoms with van der Waals surface area (Å²) in [5.41, 5.74) is 0.162. The van der Waals surface area contributed by atoms with Crippen LogP contribution in [0, 0.1) is 18.3 Å². The molecule has 2 heterocycles. The van der Waals surface area contributed by atoms with Crippen LogP contribution >= 0.6 is 35.3 Å². The fourth-order valence-electron chi connectivity index (χ4n) is 3.71. The lowest BCUT2D eigenvalue weighted by atomic mass is 9.57. The maximum Gasteiger partial charge on any atom is 0.191 e. The van der Waals surface area contributed by atoms with Crippen molar-refractivity contribution in [3.8, 4) is 0 Å². The molecule has 0 amide bonds. The SMILES string of the molecule is CCNC(=NCc1ncc(C)s1)NC1C2CCOC2C1(C)C.I. The highest BCUT2D eigenvalue weighted by atomic mass is 127. The van der Waals surface area contributed by atoms with Crippen molar-refractivity contribution in [1.29, 1.82) is 0 Å². The van der Waals surface area contributed by atoms with Gasteiger partial charge in [-0.15, -0.1) is 35.3 Å². The van der Waals surface area contributed by atoms with Crippen molar-refractivity contribution in [2.75, 3.05) is 13.2 Å².